The number of carbonyl (C=O) groups is 1. The lowest BCUT2D eigenvalue weighted by molar-refractivity contribution is 0.102. The van der Waals surface area contributed by atoms with Gasteiger partial charge in [0, 0.05) is 5.69 Å². The predicted molar refractivity (Wildman–Crippen MR) is 95.2 cm³/mol. The number of carbonyl (C=O) groups excluding carboxylic acids is 1. The van der Waals surface area contributed by atoms with Crippen LogP contribution in [0.15, 0.2) is 48.5 Å². The van der Waals surface area contributed by atoms with Crippen LogP contribution in [-0.2, 0) is 0 Å². The van der Waals surface area contributed by atoms with E-state index in [1.807, 2.05) is 49.4 Å². The lowest BCUT2D eigenvalue weighted by Gasteiger charge is -2.12. The minimum Gasteiger partial charge on any atom is -0.493 e. The van der Waals surface area contributed by atoms with Crippen molar-refractivity contribution >= 4 is 11.6 Å². The normalized spacial score (nSPS) is 10.3. The summed E-state index contributed by atoms with van der Waals surface area (Å²) in [6.07, 6.45) is 4.60. The average molecular weight is 311 g/mol. The zero-order valence-corrected chi connectivity index (χ0v) is 14.0. The van der Waals surface area contributed by atoms with Crippen molar-refractivity contribution in [3.8, 4) is 5.75 Å². The van der Waals surface area contributed by atoms with Crippen molar-refractivity contribution < 1.29 is 9.53 Å². The van der Waals surface area contributed by atoms with Crippen molar-refractivity contribution in [2.24, 2.45) is 0 Å². The molecule has 0 saturated heterocycles. The predicted octanol–water partition coefficient (Wildman–Crippen LogP) is 5.21. The van der Waals surface area contributed by atoms with Crippen LogP contribution in [0.1, 0.15) is 48.5 Å². The van der Waals surface area contributed by atoms with Crippen molar-refractivity contribution in [1.82, 2.24) is 0 Å². The SMILES string of the molecule is CCCCCCOc1ccccc1C(=O)Nc1ccc(C)cc1. The van der Waals surface area contributed by atoms with Crippen LogP contribution in [0.4, 0.5) is 5.69 Å². The quantitative estimate of drug-likeness (QED) is 0.680. The molecule has 0 saturated carbocycles. The van der Waals surface area contributed by atoms with Crippen molar-refractivity contribution in [2.75, 3.05) is 11.9 Å². The Balaban J connectivity index is 1.98. The fraction of sp³-hybridized carbons (Fsp3) is 0.350. The third-order valence-corrected chi connectivity index (χ3v) is 3.70. The number of benzene rings is 2. The van der Waals surface area contributed by atoms with Gasteiger partial charge in [0.15, 0.2) is 0 Å². The molecule has 0 aliphatic rings. The van der Waals surface area contributed by atoms with Crippen molar-refractivity contribution in [3.05, 3.63) is 59.7 Å². The van der Waals surface area contributed by atoms with Gasteiger partial charge in [0.25, 0.3) is 5.91 Å². The van der Waals surface area contributed by atoms with Gasteiger partial charge in [0.2, 0.25) is 0 Å². The Kier molecular flexibility index (Phi) is 6.67. The van der Waals surface area contributed by atoms with Crippen molar-refractivity contribution in [2.45, 2.75) is 39.5 Å². The fourth-order valence-corrected chi connectivity index (χ4v) is 2.33. The highest BCUT2D eigenvalue weighted by molar-refractivity contribution is 6.06. The van der Waals surface area contributed by atoms with Gasteiger partial charge in [-0.15, -0.1) is 0 Å². The van der Waals surface area contributed by atoms with E-state index < -0.39 is 0 Å². The maximum absolute atomic E-state index is 12.5. The molecule has 3 heteroatoms. The first-order valence-electron chi connectivity index (χ1n) is 8.30. The third kappa shape index (κ3) is 5.44. The summed E-state index contributed by atoms with van der Waals surface area (Å²) in [4.78, 5) is 12.5. The summed E-state index contributed by atoms with van der Waals surface area (Å²) in [5, 5.41) is 2.92. The number of anilines is 1. The molecule has 0 atom stereocenters. The Hall–Kier alpha value is -2.29. The van der Waals surface area contributed by atoms with Crippen LogP contribution in [-0.4, -0.2) is 12.5 Å². The van der Waals surface area contributed by atoms with Crippen LogP contribution >= 0.6 is 0 Å². The summed E-state index contributed by atoms with van der Waals surface area (Å²) in [5.74, 6) is 0.506. The maximum atomic E-state index is 12.5. The van der Waals surface area contributed by atoms with Gasteiger partial charge in [0.1, 0.15) is 5.75 Å². The van der Waals surface area contributed by atoms with E-state index in [4.69, 9.17) is 4.74 Å². The summed E-state index contributed by atoms with van der Waals surface area (Å²) in [5.41, 5.74) is 2.53. The number of ether oxygens (including phenoxy) is 1. The molecule has 23 heavy (non-hydrogen) atoms. The molecule has 122 valence electrons. The number of nitrogens with one attached hydrogen (secondary N) is 1. The maximum Gasteiger partial charge on any atom is 0.259 e. The highest BCUT2D eigenvalue weighted by Gasteiger charge is 2.12. The van der Waals surface area contributed by atoms with Crippen LogP contribution in [0.2, 0.25) is 0 Å². The van der Waals surface area contributed by atoms with Crippen LogP contribution in [0.25, 0.3) is 0 Å². The molecule has 2 aromatic carbocycles. The molecule has 0 aromatic heterocycles. The van der Waals surface area contributed by atoms with Crippen LogP contribution in [0, 0.1) is 6.92 Å². The van der Waals surface area contributed by atoms with E-state index in [2.05, 4.69) is 12.2 Å². The molecule has 1 N–H and O–H groups in total. The van der Waals surface area contributed by atoms with E-state index in [9.17, 15) is 4.79 Å². The molecule has 0 heterocycles. The highest BCUT2D eigenvalue weighted by Crippen LogP contribution is 2.20. The zero-order valence-electron chi connectivity index (χ0n) is 14.0. The average Bonchev–Trinajstić information content (AvgIpc) is 2.57. The molecule has 0 unspecified atom stereocenters. The van der Waals surface area contributed by atoms with Crippen LogP contribution in [0.5, 0.6) is 5.75 Å². The molecule has 1 amide bonds. The highest BCUT2D eigenvalue weighted by atomic mass is 16.5. The third-order valence-electron chi connectivity index (χ3n) is 3.70. The first-order valence-corrected chi connectivity index (χ1v) is 8.30. The van der Waals surface area contributed by atoms with E-state index in [-0.39, 0.29) is 5.91 Å². The van der Waals surface area contributed by atoms with Crippen LogP contribution < -0.4 is 10.1 Å². The molecule has 3 nitrogen and oxygen atoms in total. The van der Waals surface area contributed by atoms with E-state index >= 15 is 0 Å². The Morgan fingerprint density at radius 3 is 2.48 bits per heavy atom. The lowest BCUT2D eigenvalue weighted by Crippen LogP contribution is -2.14. The van der Waals surface area contributed by atoms with Gasteiger partial charge in [-0.05, 0) is 37.6 Å². The minimum atomic E-state index is -0.141. The van der Waals surface area contributed by atoms with Gasteiger partial charge in [-0.25, -0.2) is 0 Å². The smallest absolute Gasteiger partial charge is 0.259 e. The second kappa shape index (κ2) is 8.99. The minimum absolute atomic E-state index is 0.141. The van der Waals surface area contributed by atoms with Gasteiger partial charge in [-0.1, -0.05) is 56.0 Å². The Morgan fingerprint density at radius 2 is 1.74 bits per heavy atom. The molecule has 2 rings (SSSR count). The first-order chi connectivity index (χ1) is 11.2. The molecule has 0 fully saturated rings. The zero-order chi connectivity index (χ0) is 16.5. The summed E-state index contributed by atoms with van der Waals surface area (Å²) in [6, 6.07) is 15.2. The molecular weight excluding hydrogens is 286 g/mol. The first kappa shape index (κ1) is 17.1. The molecule has 0 aliphatic heterocycles. The number of hydrogen-bond donors (Lipinski definition) is 1. The molecule has 0 aliphatic carbocycles. The number of aryl methyl sites for hydroxylation is 1. The van der Waals surface area contributed by atoms with Gasteiger partial charge in [0.05, 0.1) is 12.2 Å². The lowest BCUT2D eigenvalue weighted by atomic mass is 10.1. The Bertz CT molecular complexity index is 620. The number of rotatable bonds is 8. The topological polar surface area (TPSA) is 38.3 Å². The second-order valence-corrected chi connectivity index (χ2v) is 5.73. The standard InChI is InChI=1S/C20H25NO2/c1-3-4-5-8-15-23-19-10-7-6-9-18(19)20(22)21-17-13-11-16(2)12-14-17/h6-7,9-14H,3-5,8,15H2,1-2H3,(H,21,22). The van der Waals surface area contributed by atoms with Gasteiger partial charge >= 0.3 is 0 Å². The van der Waals surface area contributed by atoms with E-state index in [1.165, 1.54) is 18.4 Å². The monoisotopic (exact) mass is 311 g/mol. The second-order valence-electron chi connectivity index (χ2n) is 5.73. The van der Waals surface area contributed by atoms with Gasteiger partial charge in [-0.3, -0.25) is 4.79 Å². The van der Waals surface area contributed by atoms with Gasteiger partial charge < -0.3 is 10.1 Å². The molecule has 0 bridgehead atoms. The van der Waals surface area contributed by atoms with E-state index in [0.29, 0.717) is 17.9 Å². The summed E-state index contributed by atoms with van der Waals surface area (Å²) in [7, 11) is 0. The van der Waals surface area contributed by atoms with Crippen LogP contribution in [0.3, 0.4) is 0 Å². The van der Waals surface area contributed by atoms with Gasteiger partial charge in [-0.2, -0.15) is 0 Å². The molecule has 0 spiro atoms. The summed E-state index contributed by atoms with van der Waals surface area (Å²) < 4.78 is 5.80. The molecular formula is C20H25NO2. The molecule has 2 aromatic rings. The fourth-order valence-electron chi connectivity index (χ4n) is 2.33. The number of amides is 1. The van der Waals surface area contributed by atoms with E-state index in [0.717, 1.165) is 18.5 Å². The Morgan fingerprint density at radius 1 is 1.00 bits per heavy atom. The summed E-state index contributed by atoms with van der Waals surface area (Å²) in [6.45, 7) is 4.85. The molecule has 0 radical (unpaired) electrons. The number of unbranched alkanes of at least 4 members (excludes halogenated alkanes) is 3. The number of para-hydroxylation sites is 1. The largest absolute Gasteiger partial charge is 0.493 e. The van der Waals surface area contributed by atoms with Crippen molar-refractivity contribution in [3.63, 3.8) is 0 Å². The number of hydrogen-bond acceptors (Lipinski definition) is 2. The Labute approximate surface area is 138 Å². The summed E-state index contributed by atoms with van der Waals surface area (Å²) >= 11 is 0. The van der Waals surface area contributed by atoms with Crippen molar-refractivity contribution in [1.29, 1.82) is 0 Å². The van der Waals surface area contributed by atoms with E-state index in [1.54, 1.807) is 6.07 Å².